The van der Waals surface area contributed by atoms with Crippen molar-refractivity contribution in [2.45, 2.75) is 26.5 Å². The van der Waals surface area contributed by atoms with Crippen LogP contribution in [-0.2, 0) is 18.3 Å². The van der Waals surface area contributed by atoms with Gasteiger partial charge in [-0.3, -0.25) is 9.67 Å². The van der Waals surface area contributed by atoms with Crippen LogP contribution in [0, 0.1) is 6.92 Å². The first-order chi connectivity index (χ1) is 12.2. The van der Waals surface area contributed by atoms with Crippen molar-refractivity contribution in [2.24, 2.45) is 12.0 Å². The van der Waals surface area contributed by atoms with E-state index in [1.165, 1.54) is 0 Å². The topological polar surface area (TPSA) is 72.5 Å². The summed E-state index contributed by atoms with van der Waals surface area (Å²) in [5, 5.41) is 7.65. The summed E-state index contributed by atoms with van der Waals surface area (Å²) < 4.78 is 9.85. The molecule has 3 heterocycles. The van der Waals surface area contributed by atoms with Crippen molar-refractivity contribution in [3.63, 3.8) is 0 Å². The molecule has 1 N–H and O–H groups in total. The summed E-state index contributed by atoms with van der Waals surface area (Å²) in [4.78, 5) is 11.3. The number of hydrogen-bond donors (Lipinski definition) is 1. The summed E-state index contributed by atoms with van der Waals surface area (Å²) in [7, 11) is 1.92. The van der Waals surface area contributed by atoms with E-state index in [-0.39, 0.29) is 30.1 Å². The molecule has 2 aromatic heterocycles. The minimum atomic E-state index is 0. The Kier molecular flexibility index (Phi) is 7.88. The molecule has 3 rings (SSSR count). The molecule has 1 unspecified atom stereocenters. The second kappa shape index (κ2) is 9.91. The van der Waals surface area contributed by atoms with E-state index in [0.29, 0.717) is 13.2 Å². The molecule has 0 saturated carbocycles. The van der Waals surface area contributed by atoms with E-state index in [2.05, 4.69) is 31.8 Å². The van der Waals surface area contributed by atoms with Gasteiger partial charge in [0.25, 0.3) is 0 Å². The predicted octanol–water partition coefficient (Wildman–Crippen LogP) is 1.58. The van der Waals surface area contributed by atoms with Gasteiger partial charge in [-0.2, -0.15) is 5.10 Å². The number of guanidine groups is 1. The summed E-state index contributed by atoms with van der Waals surface area (Å²) in [5.41, 5.74) is 1.11. The number of aromatic nitrogens is 4. The highest BCUT2D eigenvalue weighted by Crippen LogP contribution is 2.21. The van der Waals surface area contributed by atoms with Crippen molar-refractivity contribution in [3.05, 3.63) is 36.2 Å². The van der Waals surface area contributed by atoms with Crippen LogP contribution in [0.2, 0.25) is 0 Å². The van der Waals surface area contributed by atoms with Crippen molar-refractivity contribution in [3.8, 4) is 0 Å². The smallest absolute Gasteiger partial charge is 0.194 e. The van der Waals surface area contributed by atoms with Crippen LogP contribution in [0.5, 0.6) is 0 Å². The average molecular weight is 473 g/mol. The molecule has 144 valence electrons. The largest absolute Gasteiger partial charge is 0.370 e. The van der Waals surface area contributed by atoms with Crippen molar-refractivity contribution in [1.29, 1.82) is 0 Å². The number of hydrogen-bond acceptors (Lipinski definition) is 4. The summed E-state index contributed by atoms with van der Waals surface area (Å²) in [6, 6.07) is 0. The van der Waals surface area contributed by atoms with E-state index in [9.17, 15) is 0 Å². The van der Waals surface area contributed by atoms with Gasteiger partial charge in [-0.25, -0.2) is 4.98 Å². The highest BCUT2D eigenvalue weighted by atomic mass is 127. The normalized spacial score (nSPS) is 17.9. The van der Waals surface area contributed by atoms with Gasteiger partial charge in [0.15, 0.2) is 5.96 Å². The van der Waals surface area contributed by atoms with Gasteiger partial charge in [-0.15, -0.1) is 24.0 Å². The predicted molar refractivity (Wildman–Crippen MR) is 112 cm³/mol. The maximum atomic E-state index is 5.92. The van der Waals surface area contributed by atoms with E-state index in [4.69, 9.17) is 9.73 Å². The fourth-order valence-corrected chi connectivity index (χ4v) is 2.98. The van der Waals surface area contributed by atoms with Gasteiger partial charge in [0.05, 0.1) is 25.9 Å². The number of rotatable bonds is 5. The summed E-state index contributed by atoms with van der Waals surface area (Å²) in [5.74, 6) is 1.96. The summed E-state index contributed by atoms with van der Waals surface area (Å²) in [6.45, 7) is 8.80. The summed E-state index contributed by atoms with van der Waals surface area (Å²) in [6.07, 6.45) is 7.73. The van der Waals surface area contributed by atoms with Gasteiger partial charge in [0.2, 0.25) is 0 Å². The number of halogens is 1. The number of ether oxygens (including phenoxy) is 1. The lowest BCUT2D eigenvalue weighted by molar-refractivity contribution is -0.00804. The molecule has 26 heavy (non-hydrogen) atoms. The zero-order valence-electron chi connectivity index (χ0n) is 15.6. The molecular weight excluding hydrogens is 445 g/mol. The highest BCUT2D eigenvalue weighted by Gasteiger charge is 2.25. The molecule has 0 aromatic carbocycles. The Balaban J connectivity index is 0.00000243. The quantitative estimate of drug-likeness (QED) is 0.406. The fraction of sp³-hybridized carbons (Fsp3) is 0.588. The van der Waals surface area contributed by atoms with Gasteiger partial charge in [0.1, 0.15) is 11.9 Å². The van der Waals surface area contributed by atoms with Crippen LogP contribution in [0.3, 0.4) is 0 Å². The molecule has 8 nitrogen and oxygen atoms in total. The molecule has 1 atom stereocenters. The fourth-order valence-electron chi connectivity index (χ4n) is 2.98. The first kappa shape index (κ1) is 20.7. The van der Waals surface area contributed by atoms with Crippen LogP contribution in [0.15, 0.2) is 29.8 Å². The number of nitrogens with zero attached hydrogens (tertiary/aromatic N) is 6. The van der Waals surface area contributed by atoms with E-state index >= 15 is 0 Å². The van der Waals surface area contributed by atoms with Gasteiger partial charge < -0.3 is 19.5 Å². The average Bonchev–Trinajstić information content (AvgIpc) is 3.23. The number of morpholine rings is 1. The van der Waals surface area contributed by atoms with Crippen LogP contribution < -0.4 is 5.32 Å². The molecular formula is C17H28IN7O. The molecule has 0 aliphatic carbocycles. The Bertz CT molecular complexity index is 712. The standard InChI is InChI=1S/C17H27N7O.HI/c1-4-18-17(20-6-8-23-7-5-19-14(23)2)24-9-10-25-16(13-24)15-11-21-22(3)12-15;/h5,7,11-12,16H,4,6,8-10,13H2,1-3H3,(H,18,20);1H. The second-order valence-corrected chi connectivity index (χ2v) is 6.16. The van der Waals surface area contributed by atoms with E-state index in [1.54, 1.807) is 0 Å². The summed E-state index contributed by atoms with van der Waals surface area (Å²) >= 11 is 0. The molecule has 1 aliphatic rings. The Labute approximate surface area is 171 Å². The molecule has 0 radical (unpaired) electrons. The van der Waals surface area contributed by atoms with E-state index in [0.717, 1.165) is 43.5 Å². The second-order valence-electron chi connectivity index (χ2n) is 6.16. The Morgan fingerprint density at radius 1 is 1.46 bits per heavy atom. The van der Waals surface area contributed by atoms with E-state index < -0.39 is 0 Å². The maximum absolute atomic E-state index is 5.92. The van der Waals surface area contributed by atoms with Gasteiger partial charge >= 0.3 is 0 Å². The maximum Gasteiger partial charge on any atom is 0.194 e. The van der Waals surface area contributed by atoms with Crippen molar-refractivity contribution >= 4 is 29.9 Å². The lowest BCUT2D eigenvalue weighted by Gasteiger charge is -2.34. The van der Waals surface area contributed by atoms with Crippen molar-refractivity contribution < 1.29 is 4.74 Å². The Hall–Kier alpha value is -1.62. The first-order valence-corrected chi connectivity index (χ1v) is 8.78. The SMILES string of the molecule is CCNC(=NCCn1ccnc1C)N1CCOC(c2cnn(C)c2)C1.I. The van der Waals surface area contributed by atoms with Crippen LogP contribution in [-0.4, -0.2) is 63.0 Å². The Morgan fingerprint density at radius 3 is 2.96 bits per heavy atom. The van der Waals surface area contributed by atoms with Crippen LogP contribution in [0.4, 0.5) is 0 Å². The van der Waals surface area contributed by atoms with Gasteiger partial charge in [0, 0.05) is 50.8 Å². The van der Waals surface area contributed by atoms with Crippen LogP contribution in [0.25, 0.3) is 0 Å². The lowest BCUT2D eigenvalue weighted by atomic mass is 10.1. The van der Waals surface area contributed by atoms with Crippen LogP contribution >= 0.6 is 24.0 Å². The lowest BCUT2D eigenvalue weighted by Crippen LogP contribution is -2.48. The molecule has 1 aliphatic heterocycles. The number of aryl methyl sites for hydroxylation is 2. The number of aliphatic imine (C=N–C) groups is 1. The zero-order valence-corrected chi connectivity index (χ0v) is 18.0. The Morgan fingerprint density at radius 2 is 2.31 bits per heavy atom. The molecule has 9 heteroatoms. The third-order valence-corrected chi connectivity index (χ3v) is 4.32. The van der Waals surface area contributed by atoms with Crippen molar-refractivity contribution in [1.82, 2.24) is 29.5 Å². The number of nitrogens with one attached hydrogen (secondary N) is 1. The first-order valence-electron chi connectivity index (χ1n) is 8.78. The third kappa shape index (κ3) is 5.19. The molecule has 1 saturated heterocycles. The van der Waals surface area contributed by atoms with Gasteiger partial charge in [-0.1, -0.05) is 0 Å². The van der Waals surface area contributed by atoms with E-state index in [1.807, 2.05) is 43.4 Å². The molecule has 0 bridgehead atoms. The number of imidazole rings is 1. The minimum absolute atomic E-state index is 0. The van der Waals surface area contributed by atoms with Gasteiger partial charge in [-0.05, 0) is 13.8 Å². The highest BCUT2D eigenvalue weighted by molar-refractivity contribution is 14.0. The van der Waals surface area contributed by atoms with Crippen LogP contribution in [0.1, 0.15) is 24.4 Å². The molecule has 1 fully saturated rings. The molecule has 0 spiro atoms. The minimum Gasteiger partial charge on any atom is -0.370 e. The molecule has 0 amide bonds. The monoisotopic (exact) mass is 473 g/mol. The third-order valence-electron chi connectivity index (χ3n) is 4.32. The molecule has 2 aromatic rings. The zero-order chi connectivity index (χ0) is 17.6. The van der Waals surface area contributed by atoms with Crippen molar-refractivity contribution in [2.75, 3.05) is 32.8 Å².